The minimum atomic E-state index is 0.273. The van der Waals surface area contributed by atoms with E-state index in [9.17, 15) is 4.79 Å². The number of aldehydes is 1. The number of hydrogen-bond donors (Lipinski definition) is 0. The summed E-state index contributed by atoms with van der Waals surface area (Å²) in [4.78, 5) is 12.9. The van der Waals surface area contributed by atoms with Gasteiger partial charge in [-0.05, 0) is 33.0 Å². The third kappa shape index (κ3) is 3.13. The molecule has 0 atom stereocenters. The Labute approximate surface area is 96.4 Å². The monoisotopic (exact) mass is 224 g/mol. The number of carbonyl (C=O) groups excluding carboxylic acids is 1. The first-order valence-corrected chi connectivity index (χ1v) is 5.59. The lowest BCUT2D eigenvalue weighted by Crippen LogP contribution is -2.16. The maximum atomic E-state index is 10.8. The molecule has 0 aliphatic heterocycles. The van der Waals surface area contributed by atoms with E-state index in [1.165, 1.54) is 0 Å². The third-order valence-corrected chi connectivity index (χ3v) is 2.43. The molecule has 1 aromatic heterocycles. The highest BCUT2D eigenvalue weighted by Crippen LogP contribution is 2.16. The summed E-state index contributed by atoms with van der Waals surface area (Å²) in [7, 11) is 4.09. The van der Waals surface area contributed by atoms with Gasteiger partial charge in [0.1, 0.15) is 5.69 Å². The molecule has 0 saturated carbocycles. The fourth-order valence-corrected chi connectivity index (χ4v) is 1.71. The van der Waals surface area contributed by atoms with Crippen LogP contribution in [0, 0.1) is 0 Å². The molecule has 0 amide bonds. The van der Waals surface area contributed by atoms with Crippen molar-refractivity contribution in [2.24, 2.45) is 0 Å². The zero-order chi connectivity index (χ0) is 12.1. The fourth-order valence-electron chi connectivity index (χ4n) is 1.71. The van der Waals surface area contributed by atoms with E-state index in [-0.39, 0.29) is 5.92 Å². The second-order valence-electron chi connectivity index (χ2n) is 4.51. The summed E-state index contributed by atoms with van der Waals surface area (Å²) in [6.07, 6.45) is 1.79. The van der Waals surface area contributed by atoms with Crippen molar-refractivity contribution in [2.45, 2.75) is 32.7 Å². The van der Waals surface area contributed by atoms with Crippen molar-refractivity contribution in [2.75, 3.05) is 20.6 Å². The van der Waals surface area contributed by atoms with Crippen LogP contribution < -0.4 is 0 Å². The van der Waals surface area contributed by atoms with Gasteiger partial charge in [0.25, 0.3) is 0 Å². The van der Waals surface area contributed by atoms with Crippen LogP contribution in [0.3, 0.4) is 0 Å². The predicted octanol–water partition coefficient (Wildman–Crippen LogP) is 1.17. The first-order valence-electron chi connectivity index (χ1n) is 5.59. The molecule has 1 heterocycles. The van der Waals surface area contributed by atoms with Crippen LogP contribution in [-0.2, 0) is 6.54 Å². The van der Waals surface area contributed by atoms with Gasteiger partial charge in [-0.15, -0.1) is 5.10 Å². The second kappa shape index (κ2) is 5.75. The van der Waals surface area contributed by atoms with Gasteiger partial charge in [-0.2, -0.15) is 0 Å². The van der Waals surface area contributed by atoms with Crippen LogP contribution in [0.5, 0.6) is 0 Å². The summed E-state index contributed by atoms with van der Waals surface area (Å²) < 4.78 is 1.85. The van der Waals surface area contributed by atoms with Gasteiger partial charge in [-0.3, -0.25) is 4.79 Å². The first-order chi connectivity index (χ1) is 7.56. The second-order valence-corrected chi connectivity index (χ2v) is 4.51. The lowest BCUT2D eigenvalue weighted by atomic mass is 10.1. The molecule has 90 valence electrons. The minimum absolute atomic E-state index is 0.273. The normalized spacial score (nSPS) is 11.4. The van der Waals surface area contributed by atoms with E-state index in [0.717, 1.165) is 31.5 Å². The van der Waals surface area contributed by atoms with E-state index < -0.39 is 0 Å². The van der Waals surface area contributed by atoms with E-state index in [4.69, 9.17) is 0 Å². The molecule has 5 heteroatoms. The molecule has 0 unspecified atom stereocenters. The van der Waals surface area contributed by atoms with Crippen molar-refractivity contribution in [3.63, 3.8) is 0 Å². The largest absolute Gasteiger partial charge is 0.309 e. The molecule has 1 rings (SSSR count). The highest BCUT2D eigenvalue weighted by molar-refractivity contribution is 5.73. The molecular weight excluding hydrogens is 204 g/mol. The average molecular weight is 224 g/mol. The smallest absolute Gasteiger partial charge is 0.172 e. The van der Waals surface area contributed by atoms with Crippen molar-refractivity contribution in [3.05, 3.63) is 11.4 Å². The molecule has 0 aromatic carbocycles. The summed E-state index contributed by atoms with van der Waals surface area (Å²) in [5.74, 6) is 0.273. The zero-order valence-electron chi connectivity index (χ0n) is 10.5. The van der Waals surface area contributed by atoms with E-state index in [0.29, 0.717) is 5.69 Å². The van der Waals surface area contributed by atoms with Gasteiger partial charge in [-0.25, -0.2) is 4.68 Å². The van der Waals surface area contributed by atoms with Crippen LogP contribution in [0.25, 0.3) is 0 Å². The Bertz CT molecular complexity index is 344. The van der Waals surface area contributed by atoms with Crippen molar-refractivity contribution >= 4 is 6.29 Å². The molecule has 0 fully saturated rings. The summed E-state index contributed by atoms with van der Waals surface area (Å²) in [6.45, 7) is 5.92. The van der Waals surface area contributed by atoms with Gasteiger partial charge in [0.15, 0.2) is 6.29 Å². The molecule has 16 heavy (non-hydrogen) atoms. The van der Waals surface area contributed by atoms with Crippen LogP contribution in [0.15, 0.2) is 0 Å². The van der Waals surface area contributed by atoms with Gasteiger partial charge in [0.05, 0.1) is 5.69 Å². The Morgan fingerprint density at radius 3 is 2.62 bits per heavy atom. The summed E-state index contributed by atoms with van der Waals surface area (Å²) >= 11 is 0. The minimum Gasteiger partial charge on any atom is -0.309 e. The molecule has 0 radical (unpaired) electrons. The molecule has 5 nitrogen and oxygen atoms in total. The Hall–Kier alpha value is -1.23. The topological polar surface area (TPSA) is 51.0 Å². The van der Waals surface area contributed by atoms with Gasteiger partial charge < -0.3 is 4.90 Å². The van der Waals surface area contributed by atoms with Crippen molar-refractivity contribution < 1.29 is 4.79 Å². The third-order valence-electron chi connectivity index (χ3n) is 2.43. The number of nitrogens with zero attached hydrogens (tertiary/aromatic N) is 4. The first kappa shape index (κ1) is 12.8. The van der Waals surface area contributed by atoms with E-state index in [1.807, 2.05) is 32.6 Å². The van der Waals surface area contributed by atoms with E-state index in [2.05, 4.69) is 15.2 Å². The number of rotatable bonds is 6. The predicted molar refractivity (Wildman–Crippen MR) is 62.7 cm³/mol. The number of aromatic nitrogens is 3. The molecule has 0 aliphatic rings. The van der Waals surface area contributed by atoms with Gasteiger partial charge in [0.2, 0.25) is 0 Å². The molecule has 0 bridgehead atoms. The maximum Gasteiger partial charge on any atom is 0.172 e. The Kier molecular flexibility index (Phi) is 4.61. The van der Waals surface area contributed by atoms with Crippen LogP contribution in [0.2, 0.25) is 0 Å². The van der Waals surface area contributed by atoms with Crippen molar-refractivity contribution in [1.29, 1.82) is 0 Å². The molecule has 1 aromatic rings. The molecular formula is C11H20N4O. The Morgan fingerprint density at radius 2 is 2.12 bits per heavy atom. The number of hydrogen-bond acceptors (Lipinski definition) is 4. The Morgan fingerprint density at radius 1 is 1.44 bits per heavy atom. The summed E-state index contributed by atoms with van der Waals surface area (Å²) in [6, 6.07) is 0. The van der Waals surface area contributed by atoms with Crippen LogP contribution in [0.1, 0.15) is 42.4 Å². The van der Waals surface area contributed by atoms with Crippen LogP contribution >= 0.6 is 0 Å². The molecule has 0 N–H and O–H groups in total. The number of aryl methyl sites for hydroxylation is 1. The lowest BCUT2D eigenvalue weighted by molar-refractivity contribution is 0.111. The SMILES string of the molecule is CC(C)c1c(C=O)nnn1CCCN(C)C. The van der Waals surface area contributed by atoms with Crippen LogP contribution in [0.4, 0.5) is 0 Å². The zero-order valence-corrected chi connectivity index (χ0v) is 10.5. The molecule has 0 saturated heterocycles. The standard InChI is InChI=1S/C11H20N4O/c1-9(2)11-10(8-16)12-13-15(11)7-5-6-14(3)4/h8-9H,5-7H2,1-4H3. The molecule has 0 spiro atoms. The Balaban J connectivity index is 2.72. The highest BCUT2D eigenvalue weighted by Gasteiger charge is 2.14. The van der Waals surface area contributed by atoms with Crippen molar-refractivity contribution in [3.8, 4) is 0 Å². The number of carbonyl (C=O) groups is 1. The molecule has 0 aliphatic carbocycles. The maximum absolute atomic E-state index is 10.8. The van der Waals surface area contributed by atoms with Crippen molar-refractivity contribution in [1.82, 2.24) is 19.9 Å². The highest BCUT2D eigenvalue weighted by atomic mass is 16.1. The summed E-state index contributed by atoms with van der Waals surface area (Å²) in [5, 5.41) is 7.91. The summed E-state index contributed by atoms with van der Waals surface area (Å²) in [5.41, 5.74) is 1.41. The van der Waals surface area contributed by atoms with Crippen LogP contribution in [-0.4, -0.2) is 46.8 Å². The quantitative estimate of drug-likeness (QED) is 0.680. The van der Waals surface area contributed by atoms with Gasteiger partial charge in [0, 0.05) is 6.54 Å². The van der Waals surface area contributed by atoms with Gasteiger partial charge in [-0.1, -0.05) is 19.1 Å². The van der Waals surface area contributed by atoms with E-state index in [1.54, 1.807) is 0 Å². The lowest BCUT2D eigenvalue weighted by Gasteiger charge is -2.12. The van der Waals surface area contributed by atoms with Gasteiger partial charge >= 0.3 is 0 Å². The average Bonchev–Trinajstić information content (AvgIpc) is 2.60. The fraction of sp³-hybridized carbons (Fsp3) is 0.727. The van der Waals surface area contributed by atoms with E-state index >= 15 is 0 Å².